The van der Waals surface area contributed by atoms with Crippen molar-refractivity contribution in [2.45, 2.75) is 20.0 Å². The molecule has 0 aliphatic rings. The van der Waals surface area contributed by atoms with E-state index in [2.05, 4.69) is 4.74 Å². The fraction of sp³-hybridized carbons (Fsp3) is 0.545. The zero-order valence-corrected chi connectivity index (χ0v) is 9.89. The van der Waals surface area contributed by atoms with E-state index in [1.165, 1.54) is 0 Å². The summed E-state index contributed by atoms with van der Waals surface area (Å²) < 4.78 is 41.6. The Balaban J connectivity index is 2.62. The molecule has 96 valence electrons. The predicted octanol–water partition coefficient (Wildman–Crippen LogP) is 2.40. The van der Waals surface area contributed by atoms with Crippen molar-refractivity contribution in [1.29, 1.82) is 0 Å². The van der Waals surface area contributed by atoms with Crippen LogP contribution in [0.25, 0.3) is 0 Å². The third-order valence-corrected chi connectivity index (χ3v) is 2.57. The van der Waals surface area contributed by atoms with E-state index in [0.29, 0.717) is 5.56 Å². The maximum Gasteiger partial charge on any atom is 0.411 e. The minimum atomic E-state index is -4.40. The summed E-state index contributed by atoms with van der Waals surface area (Å²) in [4.78, 5) is 11.6. The van der Waals surface area contributed by atoms with Gasteiger partial charge in [-0.15, -0.1) is 0 Å². The lowest BCUT2D eigenvalue weighted by Gasteiger charge is -2.07. The van der Waals surface area contributed by atoms with Gasteiger partial charge in [0.25, 0.3) is 0 Å². The van der Waals surface area contributed by atoms with Gasteiger partial charge in [-0.2, -0.15) is 13.2 Å². The third kappa shape index (κ3) is 3.59. The molecule has 0 aliphatic heterocycles. The summed E-state index contributed by atoms with van der Waals surface area (Å²) in [6.45, 7) is 1.61. The van der Waals surface area contributed by atoms with E-state index in [0.717, 1.165) is 11.4 Å². The summed E-state index contributed by atoms with van der Waals surface area (Å²) in [5.41, 5.74) is 2.01. The Hall–Kier alpha value is -1.30. The summed E-state index contributed by atoms with van der Waals surface area (Å²) in [6.07, 6.45) is -4.40. The standard InChI is InChI=1S/C11H14F3NO2/c1-7-4-9(8(2)15(7)3)10(16)5-17-6-11(12,13)14/h4H,5-6H2,1-3H3. The van der Waals surface area contributed by atoms with Crippen LogP contribution in [0, 0.1) is 13.8 Å². The van der Waals surface area contributed by atoms with Gasteiger partial charge in [0.2, 0.25) is 0 Å². The highest BCUT2D eigenvalue weighted by molar-refractivity contribution is 5.98. The molecule has 0 saturated heterocycles. The van der Waals surface area contributed by atoms with Crippen molar-refractivity contribution in [3.63, 3.8) is 0 Å². The Bertz CT molecular complexity index is 421. The highest BCUT2D eigenvalue weighted by atomic mass is 19.4. The molecule has 17 heavy (non-hydrogen) atoms. The fourth-order valence-electron chi connectivity index (χ4n) is 1.47. The second kappa shape index (κ2) is 4.91. The van der Waals surface area contributed by atoms with E-state index in [4.69, 9.17) is 0 Å². The smallest absolute Gasteiger partial charge is 0.364 e. The Morgan fingerprint density at radius 1 is 1.41 bits per heavy atom. The Kier molecular flexibility index (Phi) is 3.98. The second-order valence-corrected chi connectivity index (χ2v) is 3.87. The van der Waals surface area contributed by atoms with Gasteiger partial charge in [0, 0.05) is 24.0 Å². The fourth-order valence-corrected chi connectivity index (χ4v) is 1.47. The third-order valence-electron chi connectivity index (χ3n) is 2.57. The monoisotopic (exact) mass is 249 g/mol. The summed E-state index contributed by atoms with van der Waals surface area (Å²) in [7, 11) is 1.79. The van der Waals surface area contributed by atoms with Crippen LogP contribution in [0.4, 0.5) is 13.2 Å². The largest absolute Gasteiger partial charge is 0.411 e. The van der Waals surface area contributed by atoms with E-state index in [-0.39, 0.29) is 0 Å². The van der Waals surface area contributed by atoms with Crippen LogP contribution in [0.15, 0.2) is 6.07 Å². The quantitative estimate of drug-likeness (QED) is 0.767. The van der Waals surface area contributed by atoms with E-state index in [1.807, 2.05) is 6.92 Å². The summed E-state index contributed by atoms with van der Waals surface area (Å²) in [6, 6.07) is 1.65. The number of Topliss-reactive ketones (excluding diaryl/α,β-unsaturated/α-hetero) is 1. The first-order chi connectivity index (χ1) is 7.72. The van der Waals surface area contributed by atoms with Crippen LogP contribution in [0.5, 0.6) is 0 Å². The summed E-state index contributed by atoms with van der Waals surface area (Å²) >= 11 is 0. The van der Waals surface area contributed by atoms with Gasteiger partial charge in [-0.25, -0.2) is 0 Å². The van der Waals surface area contributed by atoms with Gasteiger partial charge in [0.15, 0.2) is 5.78 Å². The molecule has 0 saturated carbocycles. The number of alkyl halides is 3. The number of hydrogen-bond acceptors (Lipinski definition) is 2. The van der Waals surface area contributed by atoms with Gasteiger partial charge in [0.05, 0.1) is 0 Å². The zero-order chi connectivity index (χ0) is 13.2. The molecule has 0 unspecified atom stereocenters. The molecule has 6 heteroatoms. The van der Waals surface area contributed by atoms with Crippen LogP contribution in [0.1, 0.15) is 21.7 Å². The molecular formula is C11H14F3NO2. The number of ketones is 1. The SMILES string of the molecule is Cc1cc(C(=O)COCC(F)(F)F)c(C)n1C. The van der Waals surface area contributed by atoms with Gasteiger partial charge in [-0.05, 0) is 19.9 Å². The molecule has 1 rings (SSSR count). The molecule has 0 amide bonds. The normalized spacial score (nSPS) is 11.9. The summed E-state index contributed by atoms with van der Waals surface area (Å²) in [5.74, 6) is -0.435. The molecule has 3 nitrogen and oxygen atoms in total. The molecule has 0 radical (unpaired) electrons. The number of carbonyl (C=O) groups excluding carboxylic acids is 1. The highest BCUT2D eigenvalue weighted by Crippen LogP contribution is 2.16. The van der Waals surface area contributed by atoms with Crippen molar-refractivity contribution in [3.05, 3.63) is 23.0 Å². The average Bonchev–Trinajstić information content (AvgIpc) is 2.44. The molecule has 0 fully saturated rings. The van der Waals surface area contributed by atoms with Crippen LogP contribution >= 0.6 is 0 Å². The van der Waals surface area contributed by atoms with Gasteiger partial charge in [-0.3, -0.25) is 4.79 Å². The molecule has 1 aromatic heterocycles. The number of hydrogen-bond donors (Lipinski definition) is 0. The van der Waals surface area contributed by atoms with Gasteiger partial charge < -0.3 is 9.30 Å². The second-order valence-electron chi connectivity index (χ2n) is 3.87. The maximum absolute atomic E-state index is 11.8. The van der Waals surface area contributed by atoms with Crippen LogP contribution in [-0.2, 0) is 11.8 Å². The number of carbonyl (C=O) groups is 1. The zero-order valence-electron chi connectivity index (χ0n) is 9.89. The summed E-state index contributed by atoms with van der Waals surface area (Å²) in [5, 5.41) is 0. The van der Waals surface area contributed by atoms with Gasteiger partial charge in [-0.1, -0.05) is 0 Å². The number of nitrogens with zero attached hydrogens (tertiary/aromatic N) is 1. The molecule has 0 N–H and O–H groups in total. The van der Waals surface area contributed by atoms with Gasteiger partial charge >= 0.3 is 6.18 Å². The van der Waals surface area contributed by atoms with E-state index in [1.54, 1.807) is 24.6 Å². The molecular weight excluding hydrogens is 235 g/mol. The van der Waals surface area contributed by atoms with Gasteiger partial charge in [0.1, 0.15) is 13.2 Å². The van der Waals surface area contributed by atoms with Crippen LogP contribution < -0.4 is 0 Å². The van der Waals surface area contributed by atoms with E-state index >= 15 is 0 Å². The van der Waals surface area contributed by atoms with Crippen molar-refractivity contribution in [1.82, 2.24) is 4.57 Å². The number of rotatable bonds is 4. The molecule has 1 heterocycles. The van der Waals surface area contributed by atoms with Crippen LogP contribution in [0.3, 0.4) is 0 Å². The van der Waals surface area contributed by atoms with Crippen molar-refractivity contribution in [2.75, 3.05) is 13.2 Å². The van der Waals surface area contributed by atoms with Crippen molar-refractivity contribution in [2.24, 2.45) is 7.05 Å². The van der Waals surface area contributed by atoms with E-state index in [9.17, 15) is 18.0 Å². The minimum absolute atomic E-state index is 0.409. The van der Waals surface area contributed by atoms with Crippen molar-refractivity contribution in [3.8, 4) is 0 Å². The Morgan fingerprint density at radius 3 is 2.41 bits per heavy atom. The van der Waals surface area contributed by atoms with E-state index < -0.39 is 25.2 Å². The molecule has 0 aromatic carbocycles. The Morgan fingerprint density at radius 2 is 2.00 bits per heavy atom. The molecule has 1 aromatic rings. The number of aryl methyl sites for hydroxylation is 1. The number of ether oxygens (including phenoxy) is 1. The maximum atomic E-state index is 11.8. The lowest BCUT2D eigenvalue weighted by molar-refractivity contribution is -0.170. The highest BCUT2D eigenvalue weighted by Gasteiger charge is 2.28. The van der Waals surface area contributed by atoms with Crippen LogP contribution in [-0.4, -0.2) is 29.7 Å². The lowest BCUT2D eigenvalue weighted by atomic mass is 10.1. The first-order valence-corrected chi connectivity index (χ1v) is 5.03. The van der Waals surface area contributed by atoms with Crippen molar-refractivity contribution >= 4 is 5.78 Å². The molecule has 0 atom stereocenters. The average molecular weight is 249 g/mol. The predicted molar refractivity (Wildman–Crippen MR) is 56.1 cm³/mol. The first kappa shape index (κ1) is 13.8. The topological polar surface area (TPSA) is 31.2 Å². The number of halogens is 3. The Labute approximate surface area is 97.2 Å². The molecule has 0 spiro atoms. The molecule has 0 bridgehead atoms. The first-order valence-electron chi connectivity index (χ1n) is 5.03. The molecule has 0 aliphatic carbocycles. The van der Waals surface area contributed by atoms with Crippen LogP contribution in [0.2, 0.25) is 0 Å². The minimum Gasteiger partial charge on any atom is -0.364 e. The number of aromatic nitrogens is 1. The van der Waals surface area contributed by atoms with Crippen molar-refractivity contribution < 1.29 is 22.7 Å². The lowest BCUT2D eigenvalue weighted by Crippen LogP contribution is -2.20.